The van der Waals surface area contributed by atoms with Crippen LogP contribution in [0.15, 0.2) is 42.6 Å². The van der Waals surface area contributed by atoms with E-state index in [2.05, 4.69) is 15.2 Å². The number of hydrogen-bond donors (Lipinski definition) is 1. The summed E-state index contributed by atoms with van der Waals surface area (Å²) in [7, 11) is 5.66. The molecule has 3 aromatic rings. The van der Waals surface area contributed by atoms with Crippen molar-refractivity contribution in [3.05, 3.63) is 65.1 Å². The van der Waals surface area contributed by atoms with Gasteiger partial charge in [-0.3, -0.25) is 9.20 Å². The fourth-order valence-electron chi connectivity index (χ4n) is 3.29. The number of nitrogens with zero attached hydrogens (tertiary/aromatic N) is 3. The van der Waals surface area contributed by atoms with E-state index in [1.165, 1.54) is 0 Å². The first-order valence-corrected chi connectivity index (χ1v) is 8.95. The van der Waals surface area contributed by atoms with E-state index < -0.39 is 0 Å². The van der Waals surface area contributed by atoms with Crippen molar-refractivity contribution in [2.45, 2.75) is 19.9 Å². The maximum Gasteiger partial charge on any atom is 0.270 e. The summed E-state index contributed by atoms with van der Waals surface area (Å²) in [5.74, 6) is 0.697. The summed E-state index contributed by atoms with van der Waals surface area (Å²) in [6.45, 7) is 4.36. The Hall–Kier alpha value is -2.86. The van der Waals surface area contributed by atoms with E-state index in [1.807, 2.05) is 74.9 Å². The van der Waals surface area contributed by atoms with Crippen molar-refractivity contribution in [1.82, 2.24) is 19.6 Å². The molecule has 3 rings (SSSR count). The molecule has 0 fully saturated rings. The van der Waals surface area contributed by atoms with Crippen molar-refractivity contribution in [2.24, 2.45) is 0 Å². The van der Waals surface area contributed by atoms with E-state index in [0.717, 1.165) is 28.2 Å². The molecule has 1 atom stereocenters. The molecule has 2 heterocycles. The number of nitrogens with one attached hydrogen (secondary N) is 1. The summed E-state index contributed by atoms with van der Waals surface area (Å²) < 4.78 is 7.09. The number of carbonyl (C=O) groups is 1. The molecule has 1 unspecified atom stereocenters. The topological polar surface area (TPSA) is 58.9 Å². The number of amides is 1. The molecule has 1 aromatic carbocycles. The first-order valence-electron chi connectivity index (χ1n) is 8.95. The first kappa shape index (κ1) is 18.9. The Morgan fingerprint density at radius 3 is 2.56 bits per heavy atom. The number of likely N-dealkylation sites (N-methyl/N-ethyl adjacent to an activating group) is 1. The number of ether oxygens (including phenoxy) is 1. The summed E-state index contributed by atoms with van der Waals surface area (Å²) in [6, 6.07) is 11.9. The number of methoxy groups -OCH3 is 1. The van der Waals surface area contributed by atoms with Gasteiger partial charge in [0.2, 0.25) is 0 Å². The van der Waals surface area contributed by atoms with Crippen LogP contribution in [0.4, 0.5) is 0 Å². The fraction of sp³-hybridized carbons (Fsp3) is 0.333. The third-order valence-electron chi connectivity index (χ3n) is 4.81. The number of aromatic nitrogens is 2. The van der Waals surface area contributed by atoms with Gasteiger partial charge in [0.05, 0.1) is 18.8 Å². The van der Waals surface area contributed by atoms with Gasteiger partial charge in [0.25, 0.3) is 5.91 Å². The molecule has 0 aliphatic carbocycles. The monoisotopic (exact) mass is 366 g/mol. The van der Waals surface area contributed by atoms with Gasteiger partial charge >= 0.3 is 0 Å². The highest BCUT2D eigenvalue weighted by Crippen LogP contribution is 2.21. The Balaban J connectivity index is 1.81. The second kappa shape index (κ2) is 7.80. The zero-order valence-corrected chi connectivity index (χ0v) is 16.5. The summed E-state index contributed by atoms with van der Waals surface area (Å²) in [5.41, 5.74) is 4.30. The van der Waals surface area contributed by atoms with Crippen LogP contribution in [-0.4, -0.2) is 47.9 Å². The zero-order chi connectivity index (χ0) is 19.6. The lowest BCUT2D eigenvalue weighted by Gasteiger charge is -2.25. The molecular weight excluding hydrogens is 340 g/mol. The van der Waals surface area contributed by atoms with Crippen LogP contribution >= 0.6 is 0 Å². The van der Waals surface area contributed by atoms with Crippen LogP contribution in [0.5, 0.6) is 5.75 Å². The van der Waals surface area contributed by atoms with Crippen LogP contribution in [0.3, 0.4) is 0 Å². The Bertz CT molecular complexity index is 945. The first-order chi connectivity index (χ1) is 12.9. The summed E-state index contributed by atoms with van der Waals surface area (Å²) in [5, 5.41) is 3.07. The number of fused-ring (bicyclic) bond motifs is 1. The molecule has 27 heavy (non-hydrogen) atoms. The van der Waals surface area contributed by atoms with Crippen LogP contribution in [0.25, 0.3) is 5.65 Å². The van der Waals surface area contributed by atoms with Gasteiger partial charge in [-0.05, 0) is 57.3 Å². The molecule has 0 radical (unpaired) electrons. The normalized spacial score (nSPS) is 12.4. The minimum atomic E-state index is -0.119. The Morgan fingerprint density at radius 2 is 1.93 bits per heavy atom. The van der Waals surface area contributed by atoms with Gasteiger partial charge in [0.15, 0.2) is 0 Å². The van der Waals surface area contributed by atoms with E-state index >= 15 is 0 Å². The highest BCUT2D eigenvalue weighted by atomic mass is 16.5. The van der Waals surface area contributed by atoms with Crippen LogP contribution in [0, 0.1) is 13.8 Å². The zero-order valence-electron chi connectivity index (χ0n) is 16.5. The third kappa shape index (κ3) is 3.80. The molecule has 1 amide bonds. The molecule has 0 aliphatic rings. The lowest BCUT2D eigenvalue weighted by molar-refractivity contribution is 0.0935. The van der Waals surface area contributed by atoms with Crippen LogP contribution < -0.4 is 10.1 Å². The smallest absolute Gasteiger partial charge is 0.270 e. The SMILES string of the molecule is COc1ccc(C(CNC(=O)c2c(C)nc3c(C)cccn23)N(C)C)cc1. The van der Waals surface area contributed by atoms with Crippen LogP contribution in [0.1, 0.15) is 33.4 Å². The molecule has 0 saturated heterocycles. The molecular formula is C21H26N4O2. The van der Waals surface area contributed by atoms with Gasteiger partial charge < -0.3 is 15.0 Å². The van der Waals surface area contributed by atoms with Crippen molar-refractivity contribution >= 4 is 11.6 Å². The fourth-order valence-corrected chi connectivity index (χ4v) is 3.29. The minimum Gasteiger partial charge on any atom is -0.497 e. The molecule has 0 aliphatic heterocycles. The molecule has 0 saturated carbocycles. The van der Waals surface area contributed by atoms with E-state index in [-0.39, 0.29) is 11.9 Å². The minimum absolute atomic E-state index is 0.0566. The van der Waals surface area contributed by atoms with E-state index in [4.69, 9.17) is 4.74 Å². The number of rotatable bonds is 6. The van der Waals surface area contributed by atoms with Crippen molar-refractivity contribution < 1.29 is 9.53 Å². The maximum atomic E-state index is 12.9. The second-order valence-corrected chi connectivity index (χ2v) is 6.89. The molecule has 2 aromatic heterocycles. The van der Waals surface area contributed by atoms with Crippen molar-refractivity contribution in [1.29, 1.82) is 0 Å². The molecule has 1 N–H and O–H groups in total. The van der Waals surface area contributed by atoms with E-state index in [9.17, 15) is 4.79 Å². The van der Waals surface area contributed by atoms with E-state index in [1.54, 1.807) is 7.11 Å². The van der Waals surface area contributed by atoms with Crippen LogP contribution in [0.2, 0.25) is 0 Å². The van der Waals surface area contributed by atoms with Gasteiger partial charge in [0, 0.05) is 12.7 Å². The average Bonchev–Trinajstić information content (AvgIpc) is 2.99. The molecule has 142 valence electrons. The van der Waals surface area contributed by atoms with Gasteiger partial charge in [-0.25, -0.2) is 4.98 Å². The van der Waals surface area contributed by atoms with Gasteiger partial charge in [-0.2, -0.15) is 0 Å². The predicted molar refractivity (Wildman–Crippen MR) is 106 cm³/mol. The number of carbonyl (C=O) groups excluding carboxylic acids is 1. The Kier molecular flexibility index (Phi) is 5.46. The lowest BCUT2D eigenvalue weighted by Crippen LogP contribution is -2.35. The molecule has 6 nitrogen and oxygen atoms in total. The number of aryl methyl sites for hydroxylation is 2. The average molecular weight is 366 g/mol. The quantitative estimate of drug-likeness (QED) is 0.729. The Morgan fingerprint density at radius 1 is 1.22 bits per heavy atom. The highest BCUT2D eigenvalue weighted by molar-refractivity contribution is 5.94. The molecule has 0 bridgehead atoms. The summed E-state index contributed by atoms with van der Waals surface area (Å²) in [6.07, 6.45) is 1.88. The second-order valence-electron chi connectivity index (χ2n) is 6.89. The summed E-state index contributed by atoms with van der Waals surface area (Å²) >= 11 is 0. The largest absolute Gasteiger partial charge is 0.497 e. The van der Waals surface area contributed by atoms with Crippen molar-refractivity contribution in [3.63, 3.8) is 0 Å². The standard InChI is InChI=1S/C21H26N4O2/c1-14-7-6-12-25-19(15(2)23-20(14)25)21(26)22-13-18(24(3)4)16-8-10-17(27-5)11-9-16/h6-12,18H,13H2,1-5H3,(H,22,26). The molecule has 0 spiro atoms. The number of benzene rings is 1. The predicted octanol–water partition coefficient (Wildman–Crippen LogP) is 2.99. The maximum absolute atomic E-state index is 12.9. The van der Waals surface area contributed by atoms with E-state index in [0.29, 0.717) is 12.2 Å². The van der Waals surface area contributed by atoms with Gasteiger partial charge in [-0.1, -0.05) is 18.2 Å². The number of pyridine rings is 1. The lowest BCUT2D eigenvalue weighted by atomic mass is 10.1. The number of imidazole rings is 1. The van der Waals surface area contributed by atoms with Gasteiger partial charge in [-0.15, -0.1) is 0 Å². The highest BCUT2D eigenvalue weighted by Gasteiger charge is 2.20. The van der Waals surface area contributed by atoms with Gasteiger partial charge in [0.1, 0.15) is 17.1 Å². The van der Waals surface area contributed by atoms with Crippen molar-refractivity contribution in [3.8, 4) is 5.75 Å². The number of hydrogen-bond acceptors (Lipinski definition) is 4. The molecule has 6 heteroatoms. The summed E-state index contributed by atoms with van der Waals surface area (Å²) in [4.78, 5) is 19.5. The van der Waals surface area contributed by atoms with Crippen molar-refractivity contribution in [2.75, 3.05) is 27.7 Å². The van der Waals surface area contributed by atoms with Crippen LogP contribution in [-0.2, 0) is 0 Å². The Labute approximate surface area is 159 Å². The third-order valence-corrected chi connectivity index (χ3v) is 4.81.